The number of carbonyl (C=O) groups is 2. The predicted octanol–water partition coefficient (Wildman–Crippen LogP) is 13.6. The molecule has 0 heterocycles. The molecule has 0 atom stereocenters. The van der Waals surface area contributed by atoms with E-state index in [1.165, 1.54) is 120 Å². The van der Waals surface area contributed by atoms with Gasteiger partial charge in [0, 0.05) is 6.61 Å². The topological polar surface area (TPSA) is 61.8 Å². The molecular weight excluding hydrogens is 729 g/mol. The lowest BCUT2D eigenvalue weighted by molar-refractivity contribution is -0.151. The number of ether oxygens (including phenoxy) is 3. The molecule has 5 nitrogen and oxygen atoms in total. The minimum atomic E-state index is -0.623. The number of esters is 2. The van der Waals surface area contributed by atoms with Crippen LogP contribution in [0.5, 0.6) is 0 Å². The lowest BCUT2D eigenvalue weighted by Crippen LogP contribution is -2.33. The van der Waals surface area contributed by atoms with Gasteiger partial charge in [0.15, 0.2) is 0 Å². The monoisotopic (exact) mass is 803 g/mol. The van der Waals surface area contributed by atoms with Gasteiger partial charge in [0.05, 0.1) is 25.0 Å². The number of methoxy groups -OCH3 is 2. The van der Waals surface area contributed by atoms with Crippen LogP contribution < -0.4 is 0 Å². The van der Waals surface area contributed by atoms with Crippen LogP contribution in [0.3, 0.4) is 0 Å². The second kappa shape index (κ2) is 24.8. The van der Waals surface area contributed by atoms with E-state index in [9.17, 15) is 9.59 Å². The standard InChI is InChI=1S/C54H74O5/c1-52(2,50(55)57-5)42-45-39-44(40-46(41-45)43-53(3,4)51(56)58-6)31-23-18-16-14-12-10-8-7-9-11-13-15-17-19-30-38-59-54(47-32-24-20-25-33-47,48-34-26-21-27-35-48)49-36-28-22-29-37-49/h20-22,24-29,32-37,39-41H,7-19,23,30-31,38,42-43H2,1-6H3. The van der Waals surface area contributed by atoms with Gasteiger partial charge in [-0.15, -0.1) is 0 Å². The van der Waals surface area contributed by atoms with Gasteiger partial charge in [0.25, 0.3) is 0 Å². The number of aryl methyl sites for hydroxylation is 1. The Labute approximate surface area is 357 Å². The molecule has 0 bridgehead atoms. The SMILES string of the molecule is COC(=O)C(C)(C)Cc1cc(CCCCCCCCCCCCCCCCCOC(c2ccccc2)(c2ccccc2)c2ccccc2)cc(CC(C)(C)C(=O)OC)c1. The Morgan fingerprint density at radius 1 is 0.424 bits per heavy atom. The van der Waals surface area contributed by atoms with Crippen LogP contribution in [0.25, 0.3) is 0 Å². The minimum Gasteiger partial charge on any atom is -0.469 e. The van der Waals surface area contributed by atoms with E-state index in [-0.39, 0.29) is 11.9 Å². The lowest BCUT2D eigenvalue weighted by atomic mass is 9.80. The molecule has 4 aromatic rings. The highest BCUT2D eigenvalue weighted by Gasteiger charge is 2.37. The van der Waals surface area contributed by atoms with Crippen LogP contribution in [0.4, 0.5) is 0 Å². The Hall–Kier alpha value is -4.22. The minimum absolute atomic E-state index is 0.210. The van der Waals surface area contributed by atoms with Crippen LogP contribution in [-0.2, 0) is 48.7 Å². The smallest absolute Gasteiger partial charge is 0.311 e. The van der Waals surface area contributed by atoms with E-state index in [0.717, 1.165) is 37.0 Å². The van der Waals surface area contributed by atoms with Crippen LogP contribution in [-0.4, -0.2) is 32.8 Å². The van der Waals surface area contributed by atoms with Gasteiger partial charge >= 0.3 is 11.9 Å². The quantitative estimate of drug-likeness (QED) is 0.0325. The molecule has 4 rings (SSSR count). The number of benzene rings is 4. The highest BCUT2D eigenvalue weighted by molar-refractivity contribution is 5.77. The molecule has 0 N–H and O–H groups in total. The number of hydrogen-bond acceptors (Lipinski definition) is 5. The number of carbonyl (C=O) groups excluding carboxylic acids is 2. The zero-order chi connectivity index (χ0) is 42.4. The van der Waals surface area contributed by atoms with E-state index in [1.54, 1.807) is 0 Å². The first kappa shape index (κ1) is 47.5. The molecule has 4 aromatic carbocycles. The molecule has 0 aromatic heterocycles. The van der Waals surface area contributed by atoms with E-state index in [1.807, 2.05) is 27.7 Å². The first-order valence-electron chi connectivity index (χ1n) is 22.6. The summed E-state index contributed by atoms with van der Waals surface area (Å²) in [4.78, 5) is 24.9. The second-order valence-electron chi connectivity index (χ2n) is 17.9. The third-order valence-corrected chi connectivity index (χ3v) is 11.8. The summed E-state index contributed by atoms with van der Waals surface area (Å²) in [6, 6.07) is 38.7. The van der Waals surface area contributed by atoms with Crippen LogP contribution in [0.2, 0.25) is 0 Å². The first-order valence-corrected chi connectivity index (χ1v) is 22.6. The zero-order valence-electron chi connectivity index (χ0n) is 37.4. The fourth-order valence-corrected chi connectivity index (χ4v) is 8.63. The molecule has 0 aliphatic heterocycles. The Bertz CT molecular complexity index is 1630. The third-order valence-electron chi connectivity index (χ3n) is 11.8. The summed E-state index contributed by atoms with van der Waals surface area (Å²) in [5.74, 6) is -0.420. The molecule has 0 spiro atoms. The summed E-state index contributed by atoms with van der Waals surface area (Å²) in [6.07, 6.45) is 21.4. The second-order valence-corrected chi connectivity index (χ2v) is 17.9. The maximum atomic E-state index is 12.4. The Morgan fingerprint density at radius 3 is 1.07 bits per heavy atom. The fraction of sp³-hybridized carbons (Fsp3) is 0.519. The molecule has 0 unspecified atom stereocenters. The van der Waals surface area contributed by atoms with Crippen LogP contribution in [0.15, 0.2) is 109 Å². The largest absolute Gasteiger partial charge is 0.469 e. The van der Waals surface area contributed by atoms with Crippen molar-refractivity contribution < 1.29 is 23.8 Å². The summed E-state index contributed by atoms with van der Waals surface area (Å²) >= 11 is 0. The van der Waals surface area contributed by atoms with E-state index in [2.05, 4.69) is 109 Å². The summed E-state index contributed by atoms with van der Waals surface area (Å²) in [7, 11) is 2.89. The normalized spacial score (nSPS) is 12.0. The Morgan fingerprint density at radius 2 is 0.729 bits per heavy atom. The molecule has 320 valence electrons. The molecule has 59 heavy (non-hydrogen) atoms. The average molecular weight is 803 g/mol. The summed E-state index contributed by atoms with van der Waals surface area (Å²) in [5.41, 5.74) is 5.14. The van der Waals surface area contributed by atoms with E-state index < -0.39 is 16.4 Å². The molecular formula is C54H74O5. The first-order chi connectivity index (χ1) is 28.5. The van der Waals surface area contributed by atoms with Crippen molar-refractivity contribution in [2.45, 2.75) is 149 Å². The van der Waals surface area contributed by atoms with Crippen LogP contribution in [0, 0.1) is 10.8 Å². The molecule has 0 saturated carbocycles. The van der Waals surface area contributed by atoms with Gasteiger partial charge in [-0.05, 0) is 93.2 Å². The van der Waals surface area contributed by atoms with Crippen molar-refractivity contribution in [2.24, 2.45) is 10.8 Å². The van der Waals surface area contributed by atoms with Crippen molar-refractivity contribution in [3.8, 4) is 0 Å². The van der Waals surface area contributed by atoms with E-state index in [0.29, 0.717) is 12.8 Å². The number of hydrogen-bond donors (Lipinski definition) is 0. The van der Waals surface area contributed by atoms with Crippen molar-refractivity contribution in [1.82, 2.24) is 0 Å². The van der Waals surface area contributed by atoms with Gasteiger partial charge in [-0.2, -0.15) is 0 Å². The number of unbranched alkanes of at least 4 members (excludes halogenated alkanes) is 14. The van der Waals surface area contributed by atoms with Crippen LogP contribution >= 0.6 is 0 Å². The summed E-state index contributed by atoms with van der Waals surface area (Å²) < 4.78 is 17.1. The fourth-order valence-electron chi connectivity index (χ4n) is 8.63. The molecule has 0 aliphatic rings. The van der Waals surface area contributed by atoms with Gasteiger partial charge < -0.3 is 14.2 Å². The molecule has 0 saturated heterocycles. The highest BCUT2D eigenvalue weighted by Crippen LogP contribution is 2.40. The van der Waals surface area contributed by atoms with E-state index >= 15 is 0 Å². The highest BCUT2D eigenvalue weighted by atomic mass is 16.5. The molecule has 0 aliphatic carbocycles. The Kier molecular flexibility index (Phi) is 19.9. The van der Waals surface area contributed by atoms with Gasteiger partial charge in [0.2, 0.25) is 0 Å². The average Bonchev–Trinajstić information content (AvgIpc) is 3.24. The maximum Gasteiger partial charge on any atom is 0.311 e. The van der Waals surface area contributed by atoms with Gasteiger partial charge in [-0.25, -0.2) is 0 Å². The molecule has 0 radical (unpaired) electrons. The van der Waals surface area contributed by atoms with Gasteiger partial charge in [0.1, 0.15) is 5.60 Å². The summed E-state index contributed by atoms with van der Waals surface area (Å²) in [6.45, 7) is 8.45. The summed E-state index contributed by atoms with van der Waals surface area (Å²) in [5, 5.41) is 0. The van der Waals surface area contributed by atoms with Crippen molar-refractivity contribution in [1.29, 1.82) is 0 Å². The predicted molar refractivity (Wildman–Crippen MR) is 244 cm³/mol. The van der Waals surface area contributed by atoms with Crippen molar-refractivity contribution in [3.05, 3.63) is 143 Å². The Balaban J connectivity index is 1.07. The molecule has 0 fully saturated rings. The third kappa shape index (κ3) is 15.1. The molecule has 0 amide bonds. The van der Waals surface area contributed by atoms with Gasteiger partial charge in [-0.1, -0.05) is 193 Å². The van der Waals surface area contributed by atoms with Gasteiger partial charge in [-0.3, -0.25) is 9.59 Å². The lowest BCUT2D eigenvalue weighted by Gasteiger charge is -2.36. The number of rotatable bonds is 28. The van der Waals surface area contributed by atoms with Crippen LogP contribution in [0.1, 0.15) is 157 Å². The zero-order valence-corrected chi connectivity index (χ0v) is 37.4. The maximum absolute atomic E-state index is 12.4. The van der Waals surface area contributed by atoms with Crippen molar-refractivity contribution in [2.75, 3.05) is 20.8 Å². The van der Waals surface area contributed by atoms with Crippen molar-refractivity contribution in [3.63, 3.8) is 0 Å². The molecule has 5 heteroatoms. The van der Waals surface area contributed by atoms with Crippen molar-refractivity contribution >= 4 is 11.9 Å². The van der Waals surface area contributed by atoms with E-state index in [4.69, 9.17) is 14.2 Å².